The van der Waals surface area contributed by atoms with Gasteiger partial charge in [0.05, 0.1) is 18.9 Å². The molecule has 0 amide bonds. The topological polar surface area (TPSA) is 61.5 Å². The summed E-state index contributed by atoms with van der Waals surface area (Å²) in [6.07, 6.45) is 6.14. The van der Waals surface area contributed by atoms with Crippen molar-refractivity contribution in [3.63, 3.8) is 0 Å². The second-order valence-electron chi connectivity index (χ2n) is 6.94. The van der Waals surface area contributed by atoms with Gasteiger partial charge in [0.1, 0.15) is 0 Å². The van der Waals surface area contributed by atoms with Crippen LogP contribution in [-0.2, 0) is 12.8 Å². The molecule has 1 aliphatic carbocycles. The lowest BCUT2D eigenvalue weighted by molar-refractivity contribution is 0.297. The van der Waals surface area contributed by atoms with E-state index in [1.807, 2.05) is 28.9 Å². The largest absolute Gasteiger partial charge is 0.490 e. The van der Waals surface area contributed by atoms with E-state index in [0.29, 0.717) is 30.7 Å². The van der Waals surface area contributed by atoms with Crippen molar-refractivity contribution in [2.24, 2.45) is 5.92 Å². The van der Waals surface area contributed by atoms with Crippen LogP contribution < -0.4 is 9.47 Å². The molecule has 1 aromatic carbocycles. The summed E-state index contributed by atoms with van der Waals surface area (Å²) < 4.78 is 13.4. The first kappa shape index (κ1) is 14.7. The van der Waals surface area contributed by atoms with Crippen LogP contribution in [0.5, 0.6) is 11.5 Å². The number of rotatable bonds is 1. The van der Waals surface area contributed by atoms with Gasteiger partial charge >= 0.3 is 0 Å². The Kier molecular flexibility index (Phi) is 3.36. The predicted molar refractivity (Wildman–Crippen MR) is 93.0 cm³/mol. The minimum absolute atomic E-state index is 0.662. The second-order valence-corrected chi connectivity index (χ2v) is 6.94. The Morgan fingerprint density at radius 2 is 2.04 bits per heavy atom. The molecule has 5 rings (SSSR count). The number of fused-ring (bicyclic) bond motifs is 4. The lowest BCUT2D eigenvalue weighted by atomic mass is 9.89. The summed E-state index contributed by atoms with van der Waals surface area (Å²) >= 11 is 0. The van der Waals surface area contributed by atoms with Crippen LogP contribution in [0.1, 0.15) is 31.0 Å². The molecule has 0 spiro atoms. The Morgan fingerprint density at radius 1 is 1.16 bits per heavy atom. The number of aryl methyl sites for hydroxylation is 1. The van der Waals surface area contributed by atoms with Crippen LogP contribution in [0.25, 0.3) is 17.2 Å². The molecule has 3 aromatic rings. The van der Waals surface area contributed by atoms with Crippen molar-refractivity contribution in [1.82, 2.24) is 19.6 Å². The van der Waals surface area contributed by atoms with Gasteiger partial charge in [-0.15, -0.1) is 5.10 Å². The molecule has 2 aromatic heterocycles. The van der Waals surface area contributed by atoms with Crippen molar-refractivity contribution in [2.45, 2.75) is 32.6 Å². The highest BCUT2D eigenvalue weighted by atomic mass is 16.5. The predicted octanol–water partition coefficient (Wildman–Crippen LogP) is 3.08. The monoisotopic (exact) mass is 336 g/mol. The minimum atomic E-state index is 0.662. The lowest BCUT2D eigenvalue weighted by Crippen LogP contribution is -2.16. The molecule has 0 bridgehead atoms. The fraction of sp³-hybridized carbons (Fsp3) is 0.421. The van der Waals surface area contributed by atoms with Gasteiger partial charge in [-0.1, -0.05) is 6.92 Å². The molecule has 3 heterocycles. The number of benzene rings is 1. The van der Waals surface area contributed by atoms with Crippen molar-refractivity contribution < 1.29 is 9.47 Å². The third-order valence-electron chi connectivity index (χ3n) is 5.00. The fourth-order valence-corrected chi connectivity index (χ4v) is 3.64. The second kappa shape index (κ2) is 5.72. The Hall–Kier alpha value is -2.63. The summed E-state index contributed by atoms with van der Waals surface area (Å²) in [5, 5.41) is 4.74. The van der Waals surface area contributed by atoms with Gasteiger partial charge in [0.15, 0.2) is 17.3 Å². The molecular formula is C19H20N4O2. The summed E-state index contributed by atoms with van der Waals surface area (Å²) in [6.45, 7) is 3.65. The summed E-state index contributed by atoms with van der Waals surface area (Å²) in [6, 6.07) is 5.88. The number of nitrogens with zero attached hydrogens (tertiary/aromatic N) is 4. The molecule has 2 aliphatic rings. The van der Waals surface area contributed by atoms with Crippen molar-refractivity contribution in [3.8, 4) is 22.9 Å². The quantitative estimate of drug-likeness (QED) is 0.683. The van der Waals surface area contributed by atoms with Crippen LogP contribution in [0.15, 0.2) is 24.4 Å². The smallest absolute Gasteiger partial charge is 0.252 e. The van der Waals surface area contributed by atoms with Crippen LogP contribution in [0.3, 0.4) is 0 Å². The zero-order valence-electron chi connectivity index (χ0n) is 14.2. The molecule has 1 aliphatic heterocycles. The highest BCUT2D eigenvalue weighted by molar-refractivity contribution is 5.62. The van der Waals surface area contributed by atoms with Gasteiger partial charge in [-0.3, -0.25) is 0 Å². The van der Waals surface area contributed by atoms with E-state index in [9.17, 15) is 0 Å². The molecule has 6 nitrogen and oxygen atoms in total. The maximum absolute atomic E-state index is 5.78. The van der Waals surface area contributed by atoms with Crippen LogP contribution in [0.2, 0.25) is 0 Å². The van der Waals surface area contributed by atoms with Crippen LogP contribution in [-0.4, -0.2) is 32.8 Å². The van der Waals surface area contributed by atoms with E-state index < -0.39 is 0 Å². The van der Waals surface area contributed by atoms with Gasteiger partial charge in [-0.2, -0.15) is 4.98 Å². The Labute approximate surface area is 145 Å². The number of ether oxygens (including phenoxy) is 2. The van der Waals surface area contributed by atoms with E-state index in [1.54, 1.807) is 0 Å². The van der Waals surface area contributed by atoms with Gasteiger partial charge in [0, 0.05) is 18.2 Å². The molecule has 128 valence electrons. The molecule has 1 unspecified atom stereocenters. The number of aromatic nitrogens is 4. The SMILES string of the molecule is CC1CCc2c(cnc3nc(-c4ccc5c(c4)OCCCO5)nn23)C1. The average Bonchev–Trinajstić information content (AvgIpc) is 2.93. The maximum atomic E-state index is 5.78. The molecular weight excluding hydrogens is 316 g/mol. The van der Waals surface area contributed by atoms with E-state index in [-0.39, 0.29) is 0 Å². The van der Waals surface area contributed by atoms with E-state index >= 15 is 0 Å². The zero-order chi connectivity index (χ0) is 16.8. The third-order valence-corrected chi connectivity index (χ3v) is 5.00. The van der Waals surface area contributed by atoms with E-state index in [1.165, 1.54) is 17.7 Å². The lowest BCUT2D eigenvalue weighted by Gasteiger charge is -2.20. The number of hydrogen-bond acceptors (Lipinski definition) is 5. The van der Waals surface area contributed by atoms with Crippen molar-refractivity contribution >= 4 is 5.78 Å². The highest BCUT2D eigenvalue weighted by Gasteiger charge is 2.21. The van der Waals surface area contributed by atoms with Crippen molar-refractivity contribution in [2.75, 3.05) is 13.2 Å². The Balaban J connectivity index is 1.58. The fourth-order valence-electron chi connectivity index (χ4n) is 3.64. The Morgan fingerprint density at radius 3 is 2.96 bits per heavy atom. The molecule has 1 atom stereocenters. The van der Waals surface area contributed by atoms with Gasteiger partial charge in [-0.05, 0) is 48.9 Å². The van der Waals surface area contributed by atoms with Crippen molar-refractivity contribution in [1.29, 1.82) is 0 Å². The third kappa shape index (κ3) is 2.52. The van der Waals surface area contributed by atoms with Gasteiger partial charge in [-0.25, -0.2) is 9.50 Å². The van der Waals surface area contributed by atoms with E-state index in [2.05, 4.69) is 16.9 Å². The normalized spacial score (nSPS) is 19.5. The zero-order valence-corrected chi connectivity index (χ0v) is 14.2. The molecule has 0 saturated heterocycles. The molecule has 25 heavy (non-hydrogen) atoms. The summed E-state index contributed by atoms with van der Waals surface area (Å²) in [4.78, 5) is 9.14. The average molecular weight is 336 g/mol. The minimum Gasteiger partial charge on any atom is -0.490 e. The summed E-state index contributed by atoms with van der Waals surface area (Å²) in [5.74, 6) is 3.59. The van der Waals surface area contributed by atoms with Gasteiger partial charge in [0.25, 0.3) is 5.78 Å². The van der Waals surface area contributed by atoms with Gasteiger partial charge < -0.3 is 9.47 Å². The molecule has 0 N–H and O–H groups in total. The standard InChI is InChI=1S/C19H20N4O2/c1-12-3-5-15-14(9-12)11-20-19-21-18(22-23(15)19)13-4-6-16-17(10-13)25-8-2-7-24-16/h4,6,10-12H,2-3,5,7-9H2,1H3. The van der Waals surface area contributed by atoms with Crippen LogP contribution in [0, 0.1) is 5.92 Å². The summed E-state index contributed by atoms with van der Waals surface area (Å²) in [7, 11) is 0. The summed E-state index contributed by atoms with van der Waals surface area (Å²) in [5.41, 5.74) is 3.46. The number of hydrogen-bond donors (Lipinski definition) is 0. The highest BCUT2D eigenvalue weighted by Crippen LogP contribution is 2.33. The molecule has 0 fully saturated rings. The first-order valence-corrected chi connectivity index (χ1v) is 8.91. The first-order valence-electron chi connectivity index (χ1n) is 8.91. The first-order chi connectivity index (χ1) is 12.3. The van der Waals surface area contributed by atoms with E-state index in [0.717, 1.165) is 36.3 Å². The van der Waals surface area contributed by atoms with Crippen molar-refractivity contribution in [3.05, 3.63) is 35.7 Å². The Bertz CT molecular complexity index is 950. The van der Waals surface area contributed by atoms with Crippen LogP contribution in [0.4, 0.5) is 0 Å². The molecule has 6 heteroatoms. The van der Waals surface area contributed by atoms with E-state index in [4.69, 9.17) is 14.6 Å². The van der Waals surface area contributed by atoms with Gasteiger partial charge in [0.2, 0.25) is 0 Å². The molecule has 0 saturated carbocycles. The van der Waals surface area contributed by atoms with Crippen LogP contribution >= 0.6 is 0 Å². The maximum Gasteiger partial charge on any atom is 0.252 e. The molecule has 0 radical (unpaired) electrons.